The standard InChI is InChI=1S/C15H21NO6S/c1-4-21-15(18)9-13(10-16-11(2)17)12-6-5-7-14(8-12)22-23(3,19)20/h5-8,13H,4,9-10H2,1-3H3,(H,16,17). The predicted molar refractivity (Wildman–Crippen MR) is 84.6 cm³/mol. The minimum absolute atomic E-state index is 0.0659. The molecule has 0 spiro atoms. The van der Waals surface area contributed by atoms with Gasteiger partial charge in [0.2, 0.25) is 5.91 Å². The minimum atomic E-state index is -3.64. The van der Waals surface area contributed by atoms with Crippen LogP contribution in [0.5, 0.6) is 5.75 Å². The van der Waals surface area contributed by atoms with Crippen LogP contribution in [0, 0.1) is 0 Å². The van der Waals surface area contributed by atoms with E-state index in [1.165, 1.54) is 19.1 Å². The molecular weight excluding hydrogens is 322 g/mol. The first kappa shape index (κ1) is 19.0. The summed E-state index contributed by atoms with van der Waals surface area (Å²) in [4.78, 5) is 22.8. The molecule has 0 aliphatic heterocycles. The van der Waals surface area contributed by atoms with Gasteiger partial charge in [0.15, 0.2) is 0 Å². The van der Waals surface area contributed by atoms with Gasteiger partial charge in [0.25, 0.3) is 0 Å². The lowest BCUT2D eigenvalue weighted by Gasteiger charge is -2.17. The second-order valence-corrected chi connectivity index (χ2v) is 6.58. The SMILES string of the molecule is CCOC(=O)CC(CNC(C)=O)c1cccc(OS(C)(=O)=O)c1. The third-order valence-corrected chi connectivity index (χ3v) is 3.39. The van der Waals surface area contributed by atoms with Gasteiger partial charge in [-0.1, -0.05) is 12.1 Å². The number of hydrogen-bond donors (Lipinski definition) is 1. The summed E-state index contributed by atoms with van der Waals surface area (Å²) in [5.74, 6) is -0.803. The molecule has 1 aromatic rings. The first-order valence-corrected chi connectivity index (χ1v) is 8.92. The number of ether oxygens (including phenoxy) is 1. The van der Waals surface area contributed by atoms with Crippen LogP contribution in [0.3, 0.4) is 0 Å². The minimum Gasteiger partial charge on any atom is -0.466 e. The fourth-order valence-electron chi connectivity index (χ4n) is 1.99. The quantitative estimate of drug-likeness (QED) is 0.562. The van der Waals surface area contributed by atoms with Crippen LogP contribution in [-0.2, 0) is 24.4 Å². The zero-order valence-corrected chi connectivity index (χ0v) is 14.2. The number of benzene rings is 1. The Hall–Kier alpha value is -2.09. The average molecular weight is 343 g/mol. The second kappa shape index (κ2) is 8.52. The molecule has 0 saturated carbocycles. The van der Waals surface area contributed by atoms with Crippen molar-refractivity contribution in [1.82, 2.24) is 5.32 Å². The molecule has 0 aromatic heterocycles. The Morgan fingerprint density at radius 3 is 2.57 bits per heavy atom. The van der Waals surface area contributed by atoms with Gasteiger partial charge in [-0.2, -0.15) is 8.42 Å². The summed E-state index contributed by atoms with van der Waals surface area (Å²) in [6.07, 6.45) is 1.02. The van der Waals surface area contributed by atoms with Crippen molar-refractivity contribution >= 4 is 22.0 Å². The monoisotopic (exact) mass is 343 g/mol. The average Bonchev–Trinajstić information content (AvgIpc) is 2.42. The number of hydrogen-bond acceptors (Lipinski definition) is 6. The molecule has 1 rings (SSSR count). The lowest BCUT2D eigenvalue weighted by Crippen LogP contribution is -2.27. The van der Waals surface area contributed by atoms with Crippen molar-refractivity contribution in [1.29, 1.82) is 0 Å². The highest BCUT2D eigenvalue weighted by atomic mass is 32.2. The zero-order chi connectivity index (χ0) is 17.5. The van der Waals surface area contributed by atoms with E-state index in [9.17, 15) is 18.0 Å². The molecule has 23 heavy (non-hydrogen) atoms. The summed E-state index contributed by atoms with van der Waals surface area (Å²) in [6, 6.07) is 6.40. The number of carbonyl (C=O) groups excluding carboxylic acids is 2. The summed E-state index contributed by atoms with van der Waals surface area (Å²) >= 11 is 0. The van der Waals surface area contributed by atoms with Gasteiger partial charge in [-0.3, -0.25) is 9.59 Å². The molecule has 128 valence electrons. The van der Waals surface area contributed by atoms with E-state index in [1.54, 1.807) is 19.1 Å². The molecule has 0 fully saturated rings. The number of rotatable bonds is 8. The number of nitrogens with one attached hydrogen (secondary N) is 1. The van der Waals surface area contributed by atoms with Crippen LogP contribution in [-0.4, -0.2) is 39.7 Å². The largest absolute Gasteiger partial charge is 0.466 e. The summed E-state index contributed by atoms with van der Waals surface area (Å²) < 4.78 is 32.2. The van der Waals surface area contributed by atoms with E-state index in [-0.39, 0.29) is 37.1 Å². The van der Waals surface area contributed by atoms with Gasteiger partial charge in [-0.05, 0) is 24.6 Å². The van der Waals surface area contributed by atoms with Gasteiger partial charge < -0.3 is 14.2 Å². The van der Waals surface area contributed by atoms with Gasteiger partial charge in [0, 0.05) is 19.4 Å². The van der Waals surface area contributed by atoms with Crippen molar-refractivity contribution < 1.29 is 26.9 Å². The molecule has 8 heteroatoms. The Kier molecular flexibility index (Phi) is 7.02. The van der Waals surface area contributed by atoms with E-state index < -0.39 is 16.1 Å². The highest BCUT2D eigenvalue weighted by molar-refractivity contribution is 7.86. The van der Waals surface area contributed by atoms with Crippen LogP contribution >= 0.6 is 0 Å². The topological polar surface area (TPSA) is 98.8 Å². The molecular formula is C15H21NO6S. The molecule has 0 radical (unpaired) electrons. The number of carbonyl (C=O) groups is 2. The fraction of sp³-hybridized carbons (Fsp3) is 0.467. The Morgan fingerprint density at radius 2 is 2.00 bits per heavy atom. The van der Waals surface area contributed by atoms with E-state index in [4.69, 9.17) is 8.92 Å². The maximum atomic E-state index is 11.7. The molecule has 7 nitrogen and oxygen atoms in total. The van der Waals surface area contributed by atoms with E-state index in [0.717, 1.165) is 6.26 Å². The van der Waals surface area contributed by atoms with Gasteiger partial charge >= 0.3 is 16.1 Å². The molecule has 0 aliphatic rings. The van der Waals surface area contributed by atoms with Crippen LogP contribution in [0.1, 0.15) is 31.7 Å². The summed E-state index contributed by atoms with van der Waals surface area (Å²) in [7, 11) is -3.64. The highest BCUT2D eigenvalue weighted by Gasteiger charge is 2.18. The van der Waals surface area contributed by atoms with Crippen molar-refractivity contribution in [2.75, 3.05) is 19.4 Å². The molecule has 1 N–H and O–H groups in total. The molecule has 0 heterocycles. The van der Waals surface area contributed by atoms with Gasteiger partial charge in [-0.15, -0.1) is 0 Å². The predicted octanol–water partition coefficient (Wildman–Crippen LogP) is 1.20. The zero-order valence-electron chi connectivity index (χ0n) is 13.4. The Morgan fingerprint density at radius 1 is 1.30 bits per heavy atom. The summed E-state index contributed by atoms with van der Waals surface area (Å²) in [5, 5.41) is 2.65. The van der Waals surface area contributed by atoms with Crippen LogP contribution < -0.4 is 9.50 Å². The first-order chi connectivity index (χ1) is 10.7. The van der Waals surface area contributed by atoms with Crippen molar-refractivity contribution in [3.05, 3.63) is 29.8 Å². The summed E-state index contributed by atoms with van der Waals surface area (Å²) in [6.45, 7) is 3.59. The van der Waals surface area contributed by atoms with Crippen LogP contribution in [0.25, 0.3) is 0 Å². The fourth-order valence-corrected chi connectivity index (χ4v) is 2.44. The number of amides is 1. The Balaban J connectivity index is 2.97. The van der Waals surface area contributed by atoms with E-state index >= 15 is 0 Å². The third-order valence-electron chi connectivity index (χ3n) is 2.89. The van der Waals surface area contributed by atoms with E-state index in [1.807, 2.05) is 0 Å². The van der Waals surface area contributed by atoms with Crippen LogP contribution in [0.2, 0.25) is 0 Å². The first-order valence-electron chi connectivity index (χ1n) is 7.10. The molecule has 1 amide bonds. The maximum absolute atomic E-state index is 11.7. The molecule has 1 aromatic carbocycles. The van der Waals surface area contributed by atoms with Gasteiger partial charge in [-0.25, -0.2) is 0 Å². The second-order valence-electron chi connectivity index (χ2n) is 5.00. The van der Waals surface area contributed by atoms with Crippen molar-refractivity contribution in [3.8, 4) is 5.75 Å². The van der Waals surface area contributed by atoms with Gasteiger partial charge in [0.05, 0.1) is 19.3 Å². The van der Waals surface area contributed by atoms with E-state index in [0.29, 0.717) is 5.56 Å². The maximum Gasteiger partial charge on any atom is 0.306 e. The van der Waals surface area contributed by atoms with Crippen molar-refractivity contribution in [2.45, 2.75) is 26.2 Å². The normalized spacial score (nSPS) is 12.3. The molecule has 0 saturated heterocycles. The molecule has 1 atom stereocenters. The molecule has 1 unspecified atom stereocenters. The van der Waals surface area contributed by atoms with Crippen LogP contribution in [0.15, 0.2) is 24.3 Å². The summed E-state index contributed by atoms with van der Waals surface area (Å²) in [5.41, 5.74) is 0.674. The highest BCUT2D eigenvalue weighted by Crippen LogP contribution is 2.24. The smallest absolute Gasteiger partial charge is 0.306 e. The Labute approximate surface area is 136 Å². The van der Waals surface area contributed by atoms with Crippen molar-refractivity contribution in [2.24, 2.45) is 0 Å². The Bertz CT molecular complexity index is 656. The third kappa shape index (κ3) is 7.64. The van der Waals surface area contributed by atoms with Gasteiger partial charge in [0.1, 0.15) is 5.75 Å². The lowest BCUT2D eigenvalue weighted by molar-refractivity contribution is -0.143. The number of esters is 1. The van der Waals surface area contributed by atoms with Crippen molar-refractivity contribution in [3.63, 3.8) is 0 Å². The molecule has 0 aliphatic carbocycles. The van der Waals surface area contributed by atoms with Crippen LogP contribution in [0.4, 0.5) is 0 Å². The van der Waals surface area contributed by atoms with E-state index in [2.05, 4.69) is 5.32 Å². The molecule has 0 bridgehead atoms. The lowest BCUT2D eigenvalue weighted by atomic mass is 9.95.